The van der Waals surface area contributed by atoms with Gasteiger partial charge in [-0.25, -0.2) is 18.0 Å². The molecular formula is C38H33F10NO6. The monoisotopic (exact) mass is 789 g/mol. The molecule has 0 bridgehead atoms. The number of nitrogens with one attached hydrogen (secondary N) is 1. The topological polar surface area (TPSA) is 105 Å². The van der Waals surface area contributed by atoms with Gasteiger partial charge < -0.3 is 25.0 Å². The van der Waals surface area contributed by atoms with Crippen LogP contribution in [0.1, 0.15) is 64.7 Å². The molecule has 7 nitrogen and oxygen atoms in total. The van der Waals surface area contributed by atoms with E-state index in [1.54, 1.807) is 24.3 Å². The molecule has 1 saturated carbocycles. The van der Waals surface area contributed by atoms with Crippen molar-refractivity contribution in [1.82, 2.24) is 5.32 Å². The van der Waals surface area contributed by atoms with E-state index >= 15 is 4.39 Å². The van der Waals surface area contributed by atoms with Gasteiger partial charge in [0.2, 0.25) is 0 Å². The lowest BCUT2D eigenvalue weighted by molar-refractivity contribution is -0.253. The number of ether oxygens (including phenoxy) is 2. The molecule has 0 aromatic heterocycles. The molecule has 0 spiro atoms. The fourth-order valence-corrected chi connectivity index (χ4v) is 6.09. The number of rotatable bonds is 12. The number of benzene rings is 4. The predicted octanol–water partition coefficient (Wildman–Crippen LogP) is 10.5. The van der Waals surface area contributed by atoms with Gasteiger partial charge in [0.1, 0.15) is 29.0 Å². The van der Waals surface area contributed by atoms with Crippen molar-refractivity contribution >= 4 is 12.1 Å². The molecule has 4 aromatic carbocycles. The Morgan fingerprint density at radius 1 is 0.745 bits per heavy atom. The molecule has 1 atom stereocenters. The summed E-state index contributed by atoms with van der Waals surface area (Å²) in [5.74, 6) is -5.17. The van der Waals surface area contributed by atoms with Crippen LogP contribution in [0.15, 0.2) is 84.9 Å². The molecule has 4 aromatic rings. The standard InChI is InChI=1S/C37H31F10NO3.CH2O3/c38-27-11-9-25(10-12-27)35(26-17-28(39)19-30(18-26)51-37(46,47)34(41)42,48-33(49)24-8-15-32(40)31(16-24)36(43,44)45)20-22-6-13-29(14-7-22)50-21-23-4-2-1-3-5-23;2-1(3)4/h6-19,23,34H,1-5,20-21H2,(H,48,49);(H2,2,3,4)/t35-;/m1./s1. The van der Waals surface area contributed by atoms with E-state index in [2.05, 4.69) is 10.1 Å². The van der Waals surface area contributed by atoms with Gasteiger partial charge in [0.15, 0.2) is 0 Å². The SMILES string of the molecule is O=C(N[C@](Cc1ccc(OCC2CCCCC2)cc1)(c1ccc(F)cc1)c1cc(F)cc(OC(F)(F)C(F)F)c1)c1ccc(F)c(C(F)(F)F)c1.O=C(O)O. The summed E-state index contributed by atoms with van der Waals surface area (Å²) in [5, 5.41) is 16.5. The maximum atomic E-state index is 15.2. The van der Waals surface area contributed by atoms with Crippen LogP contribution in [0.2, 0.25) is 0 Å². The zero-order valence-corrected chi connectivity index (χ0v) is 28.5. The van der Waals surface area contributed by atoms with Crippen LogP contribution in [0, 0.1) is 23.4 Å². The summed E-state index contributed by atoms with van der Waals surface area (Å²) in [6, 6.07) is 13.9. The van der Waals surface area contributed by atoms with Crippen LogP contribution in [-0.4, -0.2) is 41.4 Å². The first kappa shape index (κ1) is 42.3. The highest BCUT2D eigenvalue weighted by molar-refractivity contribution is 5.95. The second-order valence-corrected chi connectivity index (χ2v) is 12.6. The number of hydrogen-bond acceptors (Lipinski definition) is 4. The number of carboxylic acid groups (broad SMARTS) is 2. The van der Waals surface area contributed by atoms with Crippen molar-refractivity contribution in [2.75, 3.05) is 6.61 Å². The van der Waals surface area contributed by atoms with Gasteiger partial charge in [-0.05, 0) is 90.0 Å². The van der Waals surface area contributed by atoms with E-state index in [1.807, 2.05) is 0 Å². The molecule has 0 heterocycles. The number of hydrogen-bond donors (Lipinski definition) is 3. The van der Waals surface area contributed by atoms with Crippen LogP contribution < -0.4 is 14.8 Å². The highest BCUT2D eigenvalue weighted by Gasteiger charge is 2.45. The number of alkyl halides is 7. The summed E-state index contributed by atoms with van der Waals surface area (Å²) in [6.45, 7) is 0.474. The summed E-state index contributed by atoms with van der Waals surface area (Å²) in [5.41, 5.74) is -4.61. The van der Waals surface area contributed by atoms with E-state index in [4.69, 9.17) is 19.7 Å². The fraction of sp³-hybridized carbons (Fsp3) is 0.316. The van der Waals surface area contributed by atoms with Crippen molar-refractivity contribution in [3.05, 3.63) is 130 Å². The van der Waals surface area contributed by atoms with Crippen LogP contribution in [0.25, 0.3) is 0 Å². The van der Waals surface area contributed by atoms with E-state index in [0.717, 1.165) is 74.6 Å². The molecule has 17 heteroatoms. The van der Waals surface area contributed by atoms with E-state index in [9.17, 15) is 44.3 Å². The Hall–Kier alpha value is -5.48. The highest BCUT2D eigenvalue weighted by atomic mass is 19.4. The van der Waals surface area contributed by atoms with E-state index < -0.39 is 76.2 Å². The first-order valence-electron chi connectivity index (χ1n) is 16.5. The van der Waals surface area contributed by atoms with E-state index in [1.165, 1.54) is 0 Å². The Morgan fingerprint density at radius 2 is 1.36 bits per heavy atom. The molecule has 1 aliphatic rings. The third-order valence-corrected chi connectivity index (χ3v) is 8.67. The van der Waals surface area contributed by atoms with Crippen LogP contribution in [-0.2, 0) is 18.1 Å². The van der Waals surface area contributed by atoms with E-state index in [0.29, 0.717) is 36.0 Å². The third-order valence-electron chi connectivity index (χ3n) is 8.67. The van der Waals surface area contributed by atoms with Gasteiger partial charge in [-0.2, -0.15) is 30.7 Å². The van der Waals surface area contributed by atoms with Crippen LogP contribution in [0.5, 0.6) is 11.5 Å². The van der Waals surface area contributed by atoms with Gasteiger partial charge >= 0.3 is 24.9 Å². The molecule has 0 unspecified atom stereocenters. The minimum Gasteiger partial charge on any atom is -0.493 e. The first-order valence-corrected chi connectivity index (χ1v) is 16.5. The van der Waals surface area contributed by atoms with Crippen LogP contribution in [0.4, 0.5) is 48.7 Å². The smallest absolute Gasteiger partial charge is 0.493 e. The Balaban J connectivity index is 0.00000160. The molecular weight excluding hydrogens is 756 g/mol. The second kappa shape index (κ2) is 17.8. The minimum atomic E-state index is -5.19. The molecule has 55 heavy (non-hydrogen) atoms. The molecule has 0 saturated heterocycles. The van der Waals surface area contributed by atoms with Crippen LogP contribution >= 0.6 is 0 Å². The minimum absolute atomic E-state index is 0.0230. The van der Waals surface area contributed by atoms with Crippen molar-refractivity contribution in [2.45, 2.75) is 62.8 Å². The molecule has 0 radical (unpaired) electrons. The predicted molar refractivity (Wildman–Crippen MR) is 177 cm³/mol. The number of carbonyl (C=O) groups excluding carboxylic acids is 1. The quantitative estimate of drug-likeness (QED) is 0.124. The van der Waals surface area contributed by atoms with Gasteiger partial charge in [0.05, 0.1) is 17.7 Å². The van der Waals surface area contributed by atoms with Crippen molar-refractivity contribution in [3.63, 3.8) is 0 Å². The molecule has 296 valence electrons. The Morgan fingerprint density at radius 3 is 1.95 bits per heavy atom. The second-order valence-electron chi connectivity index (χ2n) is 12.6. The Bertz CT molecular complexity index is 1910. The van der Waals surface area contributed by atoms with Crippen molar-refractivity contribution in [2.24, 2.45) is 5.92 Å². The van der Waals surface area contributed by atoms with Crippen molar-refractivity contribution in [1.29, 1.82) is 0 Å². The number of amides is 1. The highest BCUT2D eigenvalue weighted by Crippen LogP contribution is 2.39. The zero-order valence-electron chi connectivity index (χ0n) is 28.5. The number of halogens is 10. The normalized spacial score (nSPS) is 14.7. The number of carbonyl (C=O) groups is 2. The van der Waals surface area contributed by atoms with Gasteiger partial charge in [0.25, 0.3) is 5.91 Å². The zero-order chi connectivity index (χ0) is 40.6. The third kappa shape index (κ3) is 11.5. The molecule has 1 amide bonds. The van der Waals surface area contributed by atoms with Gasteiger partial charge in [0, 0.05) is 18.1 Å². The lowest BCUT2D eigenvalue weighted by Gasteiger charge is -2.37. The van der Waals surface area contributed by atoms with Gasteiger partial charge in [-0.3, -0.25) is 4.79 Å². The summed E-state index contributed by atoms with van der Waals surface area (Å²) < 4.78 is 148. The van der Waals surface area contributed by atoms with Crippen LogP contribution in [0.3, 0.4) is 0 Å². The Kier molecular flexibility index (Phi) is 13.7. The van der Waals surface area contributed by atoms with Crippen molar-refractivity contribution in [3.8, 4) is 11.5 Å². The van der Waals surface area contributed by atoms with Crippen molar-refractivity contribution < 1.29 is 73.2 Å². The molecule has 3 N–H and O–H groups in total. The average Bonchev–Trinajstić information content (AvgIpc) is 3.10. The van der Waals surface area contributed by atoms with E-state index in [-0.39, 0.29) is 18.1 Å². The summed E-state index contributed by atoms with van der Waals surface area (Å²) in [4.78, 5) is 22.3. The molecule has 1 fully saturated rings. The summed E-state index contributed by atoms with van der Waals surface area (Å²) in [6.07, 6.45) is -11.4. The molecule has 0 aliphatic heterocycles. The summed E-state index contributed by atoms with van der Waals surface area (Å²) >= 11 is 0. The first-order chi connectivity index (χ1) is 25.8. The average molecular weight is 790 g/mol. The lowest BCUT2D eigenvalue weighted by atomic mass is 9.77. The maximum absolute atomic E-state index is 15.2. The largest absolute Gasteiger partial charge is 0.503 e. The molecule has 5 rings (SSSR count). The van der Waals surface area contributed by atoms with Gasteiger partial charge in [-0.15, -0.1) is 0 Å². The fourth-order valence-electron chi connectivity index (χ4n) is 6.09. The summed E-state index contributed by atoms with van der Waals surface area (Å²) in [7, 11) is 0. The lowest BCUT2D eigenvalue weighted by Crippen LogP contribution is -2.49. The maximum Gasteiger partial charge on any atom is 0.503 e. The molecule has 1 aliphatic carbocycles. The van der Waals surface area contributed by atoms with Gasteiger partial charge in [-0.1, -0.05) is 43.5 Å². The Labute approximate surface area is 307 Å².